The molecule has 14 nitrogen and oxygen atoms in total. The molecule has 0 saturated carbocycles. The van der Waals surface area contributed by atoms with Crippen LogP contribution in [-0.2, 0) is 22.6 Å². The van der Waals surface area contributed by atoms with Gasteiger partial charge < -0.3 is 38.6 Å². The van der Waals surface area contributed by atoms with Crippen molar-refractivity contribution in [1.29, 1.82) is 0 Å². The molecule has 0 radical (unpaired) electrons. The standard InChI is InChI=1S/C50H51ClF3N7O7S/c1-30-37-8-10-39(43(30)51)67-36(25-60-20-18-59(2)19-21-60)12-22-64-35-7-9-38(65-26-34-11-15-55-48(58-34)61-16-13-49(14-17-61)27-50(53,54)28-66-49)32(23-35)24-40(47(62)63)68-45-42-41(37)44(69-46(42)57-29-56-45)31-3-5-33(52)6-4-31/h3-11,15,23,29,36,40H,12-14,16-22,24-28H2,1-2H3,(H,62,63)/t36-,40+/m0/s1. The number of alkyl halides is 2. The monoisotopic (exact) mass is 985 g/mol. The number of benzene rings is 3. The minimum atomic E-state index is -2.82. The number of carbonyl (C=O) groups is 1. The summed E-state index contributed by atoms with van der Waals surface area (Å²) in [5, 5.41) is 11.7. The van der Waals surface area contributed by atoms with Gasteiger partial charge >= 0.3 is 5.97 Å². The second-order valence-electron chi connectivity index (χ2n) is 18.2. The zero-order valence-electron chi connectivity index (χ0n) is 38.1. The molecule has 69 heavy (non-hydrogen) atoms. The first-order valence-corrected chi connectivity index (χ1v) is 24.3. The number of likely N-dealkylation sites (N-methyl/N-ethyl adjacent to an activating group) is 1. The lowest BCUT2D eigenvalue weighted by atomic mass is 9.88. The van der Waals surface area contributed by atoms with Gasteiger partial charge in [-0.2, -0.15) is 0 Å². The Kier molecular flexibility index (Phi) is 13.3. The minimum absolute atomic E-state index is 0.0110. The summed E-state index contributed by atoms with van der Waals surface area (Å²) >= 11 is 8.59. The van der Waals surface area contributed by atoms with Crippen LogP contribution in [0.15, 0.2) is 73.2 Å². The molecule has 6 aromatic rings. The molecule has 3 aromatic carbocycles. The SMILES string of the molecule is Cc1c2ccc(c1Cl)O[C@H](CN1CCN(C)CC1)CCOc1ccc(OCc3ccnc(N4CCC5(CC4)CC(F)(F)CO5)n3)c(c1)C[C@H](C(=O)O)Oc1ncnc3sc(-c4ccc(F)cc4)c-2c13. The minimum Gasteiger partial charge on any atom is -0.493 e. The van der Waals surface area contributed by atoms with E-state index in [0.29, 0.717) is 105 Å². The van der Waals surface area contributed by atoms with Crippen molar-refractivity contribution >= 4 is 45.1 Å². The molecular weight excluding hydrogens is 935 g/mol. The molecule has 0 amide bonds. The first-order valence-electron chi connectivity index (χ1n) is 23.1. The summed E-state index contributed by atoms with van der Waals surface area (Å²) in [7, 11) is 2.12. The summed E-state index contributed by atoms with van der Waals surface area (Å²) < 4.78 is 74.1. The number of piperidine rings is 1. The molecular formula is C50H51ClF3N7O7S. The summed E-state index contributed by atoms with van der Waals surface area (Å²) in [6.45, 7) is 6.85. The molecule has 5 aliphatic heterocycles. The van der Waals surface area contributed by atoms with Gasteiger partial charge in [0.05, 0.1) is 28.3 Å². The van der Waals surface area contributed by atoms with Gasteiger partial charge in [0.1, 0.15) is 53.5 Å². The molecule has 19 heteroatoms. The van der Waals surface area contributed by atoms with Gasteiger partial charge in [-0.1, -0.05) is 29.8 Å². The highest BCUT2D eigenvalue weighted by atomic mass is 35.5. The number of thiophene rings is 1. The first kappa shape index (κ1) is 46.9. The van der Waals surface area contributed by atoms with Crippen molar-refractivity contribution in [2.45, 2.75) is 69.4 Å². The van der Waals surface area contributed by atoms with Gasteiger partial charge in [-0.05, 0) is 86.0 Å². The normalized spacial score (nSPS) is 20.8. The van der Waals surface area contributed by atoms with E-state index in [1.165, 1.54) is 29.8 Å². The third-order valence-electron chi connectivity index (χ3n) is 13.4. The second-order valence-corrected chi connectivity index (χ2v) is 19.6. The van der Waals surface area contributed by atoms with Crippen molar-refractivity contribution in [2.75, 3.05) is 71.0 Å². The van der Waals surface area contributed by atoms with Gasteiger partial charge in [0.15, 0.2) is 0 Å². The third kappa shape index (κ3) is 10.3. The summed E-state index contributed by atoms with van der Waals surface area (Å²) in [5.41, 5.74) is 3.02. The third-order valence-corrected chi connectivity index (χ3v) is 15.0. The van der Waals surface area contributed by atoms with Crippen molar-refractivity contribution in [2.24, 2.45) is 0 Å². The van der Waals surface area contributed by atoms with Gasteiger partial charge in [-0.15, -0.1) is 11.3 Å². The highest BCUT2D eigenvalue weighted by Gasteiger charge is 2.52. The van der Waals surface area contributed by atoms with Crippen LogP contribution in [-0.4, -0.2) is 131 Å². The van der Waals surface area contributed by atoms with E-state index in [1.807, 2.05) is 24.0 Å². The highest BCUT2D eigenvalue weighted by Crippen LogP contribution is 2.50. The van der Waals surface area contributed by atoms with E-state index in [-0.39, 0.29) is 38.0 Å². The number of carboxylic acid groups (broad SMARTS) is 1. The topological polar surface area (TPSA) is 145 Å². The predicted octanol–water partition coefficient (Wildman–Crippen LogP) is 8.74. The maximum absolute atomic E-state index is 14.3. The molecule has 3 saturated heterocycles. The molecule has 1 spiro atoms. The molecule has 11 rings (SSSR count). The van der Waals surface area contributed by atoms with Crippen molar-refractivity contribution in [1.82, 2.24) is 29.7 Å². The number of aromatic nitrogens is 4. The Morgan fingerprint density at radius 1 is 0.986 bits per heavy atom. The van der Waals surface area contributed by atoms with Crippen LogP contribution in [0, 0.1) is 12.7 Å². The number of hydrogen-bond donors (Lipinski definition) is 1. The molecule has 0 unspecified atom stereocenters. The summed E-state index contributed by atoms with van der Waals surface area (Å²) in [5.74, 6) is -2.58. The lowest BCUT2D eigenvalue weighted by Gasteiger charge is -2.38. The number of carboxylic acids is 1. The Bertz CT molecular complexity index is 2840. The van der Waals surface area contributed by atoms with E-state index < -0.39 is 36.0 Å². The Morgan fingerprint density at radius 3 is 2.54 bits per heavy atom. The lowest BCUT2D eigenvalue weighted by molar-refractivity contribution is -0.145. The molecule has 2 atom stereocenters. The number of ether oxygens (including phenoxy) is 5. The quantitative estimate of drug-likeness (QED) is 0.155. The predicted molar refractivity (Wildman–Crippen MR) is 255 cm³/mol. The van der Waals surface area contributed by atoms with E-state index in [9.17, 15) is 23.1 Å². The van der Waals surface area contributed by atoms with Crippen LogP contribution in [0.3, 0.4) is 0 Å². The molecule has 5 aliphatic rings. The maximum atomic E-state index is 14.3. The van der Waals surface area contributed by atoms with Gasteiger partial charge in [0, 0.05) is 87.3 Å². The average Bonchev–Trinajstić information content (AvgIpc) is 3.87. The van der Waals surface area contributed by atoms with Crippen molar-refractivity contribution in [3.05, 3.63) is 101 Å². The van der Waals surface area contributed by atoms with Crippen LogP contribution in [0.2, 0.25) is 5.02 Å². The summed E-state index contributed by atoms with van der Waals surface area (Å²) in [6, 6.07) is 16.9. The van der Waals surface area contributed by atoms with Crippen LogP contribution in [0.4, 0.5) is 19.1 Å². The van der Waals surface area contributed by atoms with Crippen LogP contribution < -0.4 is 23.8 Å². The number of hydrogen-bond acceptors (Lipinski definition) is 14. The fraction of sp³-hybridized carbons (Fsp3) is 0.420. The number of aliphatic carboxylic acids is 1. The van der Waals surface area contributed by atoms with Gasteiger partial charge in [0.2, 0.25) is 17.9 Å². The Morgan fingerprint density at radius 2 is 1.78 bits per heavy atom. The van der Waals surface area contributed by atoms with Crippen LogP contribution >= 0.6 is 22.9 Å². The van der Waals surface area contributed by atoms with E-state index in [4.69, 9.17) is 40.3 Å². The molecule has 4 bridgehead atoms. The molecule has 8 heterocycles. The number of fused-ring (bicyclic) bond motifs is 8. The molecule has 3 aromatic heterocycles. The fourth-order valence-electron chi connectivity index (χ4n) is 9.57. The van der Waals surface area contributed by atoms with E-state index in [2.05, 4.69) is 31.8 Å². The number of nitrogens with zero attached hydrogens (tertiary/aromatic N) is 7. The maximum Gasteiger partial charge on any atom is 0.345 e. The van der Waals surface area contributed by atoms with Crippen LogP contribution in [0.25, 0.3) is 31.8 Å². The number of anilines is 1. The number of rotatable bonds is 8. The van der Waals surface area contributed by atoms with Crippen LogP contribution in [0.5, 0.6) is 23.1 Å². The zero-order valence-corrected chi connectivity index (χ0v) is 39.7. The lowest BCUT2D eigenvalue weighted by Crippen LogP contribution is -2.48. The van der Waals surface area contributed by atoms with E-state index >= 15 is 0 Å². The van der Waals surface area contributed by atoms with Gasteiger partial charge in [-0.3, -0.25) is 4.90 Å². The Labute approximate surface area is 405 Å². The Balaban J connectivity index is 0.991. The first-order chi connectivity index (χ1) is 33.3. The molecule has 0 aliphatic carbocycles. The smallest absolute Gasteiger partial charge is 0.345 e. The second kappa shape index (κ2) is 19.5. The van der Waals surface area contributed by atoms with Crippen LogP contribution in [0.1, 0.15) is 42.5 Å². The highest BCUT2D eigenvalue weighted by molar-refractivity contribution is 7.22. The average molecular weight is 987 g/mol. The zero-order chi connectivity index (χ0) is 47.9. The largest absolute Gasteiger partial charge is 0.493 e. The molecule has 3 fully saturated rings. The summed E-state index contributed by atoms with van der Waals surface area (Å²) in [6.07, 6.45) is 2.14. The van der Waals surface area contributed by atoms with E-state index in [0.717, 1.165) is 36.6 Å². The molecule has 1 N–H and O–H groups in total. The van der Waals surface area contributed by atoms with Crippen molar-refractivity contribution in [3.63, 3.8) is 0 Å². The van der Waals surface area contributed by atoms with Gasteiger partial charge in [-0.25, -0.2) is 37.9 Å². The Hall–Kier alpha value is -5.79. The van der Waals surface area contributed by atoms with Crippen molar-refractivity contribution in [3.8, 4) is 44.7 Å². The molecule has 362 valence electrons. The number of piperazine rings is 1. The van der Waals surface area contributed by atoms with Gasteiger partial charge in [0.25, 0.3) is 5.92 Å². The van der Waals surface area contributed by atoms with Crippen molar-refractivity contribution < 1.29 is 46.8 Å². The fourth-order valence-corrected chi connectivity index (χ4v) is 10.9. The summed E-state index contributed by atoms with van der Waals surface area (Å²) in [4.78, 5) is 39.6. The van der Waals surface area contributed by atoms with E-state index in [1.54, 1.807) is 42.6 Å². The number of halogens is 4.